The van der Waals surface area contributed by atoms with Crippen LogP contribution in [0.1, 0.15) is 0 Å². The van der Waals surface area contributed by atoms with Gasteiger partial charge in [0.2, 0.25) is 0 Å². The van der Waals surface area contributed by atoms with Gasteiger partial charge in [-0.3, -0.25) is 0 Å². The van der Waals surface area contributed by atoms with E-state index >= 15 is 0 Å². The minimum absolute atomic E-state index is 0.237. The van der Waals surface area contributed by atoms with E-state index in [0.717, 1.165) is 0 Å². The van der Waals surface area contributed by atoms with Crippen LogP contribution >= 0.6 is 0 Å². The summed E-state index contributed by atoms with van der Waals surface area (Å²) in [5.41, 5.74) is 0. The second kappa shape index (κ2) is 5.75. The van der Waals surface area contributed by atoms with E-state index in [-0.39, 0.29) is 6.10 Å². The summed E-state index contributed by atoms with van der Waals surface area (Å²) >= 11 is 0. The van der Waals surface area contributed by atoms with Crippen molar-refractivity contribution in [2.24, 2.45) is 0 Å². The van der Waals surface area contributed by atoms with Crippen LogP contribution in [0.5, 0.6) is 0 Å². The lowest BCUT2D eigenvalue weighted by molar-refractivity contribution is -0.247. The summed E-state index contributed by atoms with van der Waals surface area (Å²) in [6, 6.07) is 0. The molecule has 96 valence electrons. The standard InChI is InChI=1S/C12H18O5/c1-3-5-14-10-8-7-16-12(17-8)11(9(10)13)15-6-4-2/h3-4,8-13H,1-2,5-7H2. The van der Waals surface area contributed by atoms with Crippen LogP contribution in [0.15, 0.2) is 25.3 Å². The predicted molar refractivity (Wildman–Crippen MR) is 60.5 cm³/mol. The fourth-order valence-electron chi connectivity index (χ4n) is 2.09. The van der Waals surface area contributed by atoms with Crippen LogP contribution < -0.4 is 0 Å². The van der Waals surface area contributed by atoms with Crippen molar-refractivity contribution in [3.05, 3.63) is 25.3 Å². The Labute approximate surface area is 101 Å². The average molecular weight is 242 g/mol. The van der Waals surface area contributed by atoms with Crippen LogP contribution in [-0.4, -0.2) is 55.6 Å². The van der Waals surface area contributed by atoms with E-state index in [1.165, 1.54) is 0 Å². The largest absolute Gasteiger partial charge is 0.387 e. The molecule has 2 fully saturated rings. The smallest absolute Gasteiger partial charge is 0.187 e. The van der Waals surface area contributed by atoms with Gasteiger partial charge in [0.15, 0.2) is 6.29 Å². The SMILES string of the molecule is C=CCOC1C2COC(O2)C(OCC=C)C1O. The van der Waals surface area contributed by atoms with E-state index in [9.17, 15) is 5.11 Å². The van der Waals surface area contributed by atoms with E-state index in [1.54, 1.807) is 12.2 Å². The van der Waals surface area contributed by atoms with Crippen molar-refractivity contribution in [2.45, 2.75) is 30.7 Å². The molecular weight excluding hydrogens is 224 g/mol. The molecule has 0 aromatic heterocycles. The molecular formula is C12H18O5. The van der Waals surface area contributed by atoms with Gasteiger partial charge in [0.25, 0.3) is 0 Å². The van der Waals surface area contributed by atoms with Crippen molar-refractivity contribution < 1.29 is 24.1 Å². The van der Waals surface area contributed by atoms with Gasteiger partial charge in [0, 0.05) is 0 Å². The molecule has 17 heavy (non-hydrogen) atoms. The minimum Gasteiger partial charge on any atom is -0.387 e. The second-order valence-electron chi connectivity index (χ2n) is 4.04. The number of ether oxygens (including phenoxy) is 4. The number of rotatable bonds is 6. The summed E-state index contributed by atoms with van der Waals surface area (Å²) in [6.07, 6.45) is 0.753. The van der Waals surface area contributed by atoms with Gasteiger partial charge in [0.1, 0.15) is 24.4 Å². The van der Waals surface area contributed by atoms with Gasteiger partial charge in [-0.25, -0.2) is 0 Å². The Balaban J connectivity index is 2.01. The molecule has 0 spiro atoms. The molecule has 5 nitrogen and oxygen atoms in total. The Morgan fingerprint density at radius 3 is 2.47 bits per heavy atom. The van der Waals surface area contributed by atoms with E-state index in [0.29, 0.717) is 19.8 Å². The van der Waals surface area contributed by atoms with E-state index in [1.807, 2.05) is 0 Å². The van der Waals surface area contributed by atoms with Crippen LogP contribution in [0.4, 0.5) is 0 Å². The Kier molecular flexibility index (Phi) is 4.31. The zero-order valence-corrected chi connectivity index (χ0v) is 9.66. The van der Waals surface area contributed by atoms with Crippen LogP contribution in [0.25, 0.3) is 0 Å². The summed E-state index contributed by atoms with van der Waals surface area (Å²) in [6.45, 7) is 8.26. The molecule has 1 N–H and O–H groups in total. The lowest BCUT2D eigenvalue weighted by Gasteiger charge is -2.37. The highest BCUT2D eigenvalue weighted by molar-refractivity contribution is 4.95. The summed E-state index contributed by atoms with van der Waals surface area (Å²) in [4.78, 5) is 0. The maximum Gasteiger partial charge on any atom is 0.187 e. The van der Waals surface area contributed by atoms with E-state index in [2.05, 4.69) is 13.2 Å². The molecule has 0 amide bonds. The molecule has 2 aliphatic heterocycles. The van der Waals surface area contributed by atoms with E-state index < -0.39 is 24.6 Å². The predicted octanol–water partition coefficient (Wildman–Crippen LogP) is 0.245. The Bertz CT molecular complexity index is 254. The first-order valence-corrected chi connectivity index (χ1v) is 5.68. The highest BCUT2D eigenvalue weighted by Crippen LogP contribution is 2.31. The number of aliphatic hydroxyl groups excluding tert-OH is 1. The Hall–Kier alpha value is -0.720. The van der Waals surface area contributed by atoms with Crippen LogP contribution in [-0.2, 0) is 18.9 Å². The third-order valence-corrected chi connectivity index (χ3v) is 2.85. The first-order valence-electron chi connectivity index (χ1n) is 5.68. The van der Waals surface area contributed by atoms with E-state index in [4.69, 9.17) is 18.9 Å². The van der Waals surface area contributed by atoms with Gasteiger partial charge < -0.3 is 24.1 Å². The van der Waals surface area contributed by atoms with Crippen molar-refractivity contribution in [2.75, 3.05) is 19.8 Å². The molecule has 2 saturated heterocycles. The lowest BCUT2D eigenvalue weighted by atomic mass is 10.0. The van der Waals surface area contributed by atoms with Crippen LogP contribution in [0.2, 0.25) is 0 Å². The molecule has 0 aromatic rings. The second-order valence-corrected chi connectivity index (χ2v) is 4.04. The zero-order chi connectivity index (χ0) is 12.3. The van der Waals surface area contributed by atoms with Crippen molar-refractivity contribution in [1.29, 1.82) is 0 Å². The van der Waals surface area contributed by atoms with Gasteiger partial charge in [-0.2, -0.15) is 0 Å². The quantitative estimate of drug-likeness (QED) is 0.676. The van der Waals surface area contributed by atoms with Crippen molar-refractivity contribution in [3.63, 3.8) is 0 Å². The summed E-state index contributed by atoms with van der Waals surface area (Å²) in [5, 5.41) is 10.2. The van der Waals surface area contributed by atoms with Crippen LogP contribution in [0, 0.1) is 0 Å². The highest BCUT2D eigenvalue weighted by atomic mass is 16.8. The third kappa shape index (κ3) is 2.59. The van der Waals surface area contributed by atoms with Gasteiger partial charge >= 0.3 is 0 Å². The van der Waals surface area contributed by atoms with Crippen molar-refractivity contribution in [3.8, 4) is 0 Å². The number of aliphatic hydroxyl groups is 1. The minimum atomic E-state index is -0.763. The lowest BCUT2D eigenvalue weighted by Crippen LogP contribution is -2.55. The summed E-state index contributed by atoms with van der Waals surface area (Å²) < 4.78 is 22.0. The van der Waals surface area contributed by atoms with Crippen LogP contribution in [0.3, 0.4) is 0 Å². The molecule has 2 bridgehead atoms. The molecule has 2 heterocycles. The average Bonchev–Trinajstić information content (AvgIpc) is 2.75. The molecule has 0 saturated carbocycles. The normalized spacial score (nSPS) is 40.2. The fourth-order valence-corrected chi connectivity index (χ4v) is 2.09. The molecule has 0 aromatic carbocycles. The molecule has 0 radical (unpaired) electrons. The molecule has 5 atom stereocenters. The highest BCUT2D eigenvalue weighted by Gasteiger charge is 2.51. The van der Waals surface area contributed by atoms with Gasteiger partial charge in [-0.05, 0) is 0 Å². The topological polar surface area (TPSA) is 57.2 Å². The molecule has 2 rings (SSSR count). The maximum absolute atomic E-state index is 10.2. The van der Waals surface area contributed by atoms with Gasteiger partial charge in [0.05, 0.1) is 19.8 Å². The number of fused-ring (bicyclic) bond motifs is 2. The summed E-state index contributed by atoms with van der Waals surface area (Å²) in [5.74, 6) is 0. The van der Waals surface area contributed by atoms with Crippen molar-refractivity contribution in [1.82, 2.24) is 0 Å². The van der Waals surface area contributed by atoms with Crippen molar-refractivity contribution >= 4 is 0 Å². The molecule has 5 heteroatoms. The monoisotopic (exact) mass is 242 g/mol. The number of hydrogen-bond acceptors (Lipinski definition) is 5. The molecule has 2 aliphatic rings. The Morgan fingerprint density at radius 1 is 1.18 bits per heavy atom. The van der Waals surface area contributed by atoms with Gasteiger partial charge in [-0.15, -0.1) is 13.2 Å². The maximum atomic E-state index is 10.2. The van der Waals surface area contributed by atoms with Gasteiger partial charge in [-0.1, -0.05) is 12.2 Å². The molecule has 0 aliphatic carbocycles. The Morgan fingerprint density at radius 2 is 1.82 bits per heavy atom. The molecule has 5 unspecified atom stereocenters. The number of hydrogen-bond donors (Lipinski definition) is 1. The first-order chi connectivity index (χ1) is 8.27. The fraction of sp³-hybridized carbons (Fsp3) is 0.667. The first kappa shape index (κ1) is 12.7. The summed E-state index contributed by atoms with van der Waals surface area (Å²) in [7, 11) is 0. The zero-order valence-electron chi connectivity index (χ0n) is 9.66. The third-order valence-electron chi connectivity index (χ3n) is 2.85.